The van der Waals surface area contributed by atoms with Crippen molar-refractivity contribution in [1.82, 2.24) is 19.1 Å². The van der Waals surface area contributed by atoms with Gasteiger partial charge in [-0.15, -0.1) is 0 Å². The van der Waals surface area contributed by atoms with Gasteiger partial charge in [-0.05, 0) is 13.8 Å². The van der Waals surface area contributed by atoms with Crippen molar-refractivity contribution in [2.75, 3.05) is 19.8 Å². The van der Waals surface area contributed by atoms with Gasteiger partial charge in [-0.3, -0.25) is 18.7 Å². The van der Waals surface area contributed by atoms with Crippen LogP contribution in [-0.2, 0) is 35.2 Å². The van der Waals surface area contributed by atoms with E-state index in [1.807, 2.05) is 0 Å². The second-order valence-corrected chi connectivity index (χ2v) is 7.53. The summed E-state index contributed by atoms with van der Waals surface area (Å²) in [6.07, 6.45) is 0.663. The first kappa shape index (κ1) is 20.9. The molecule has 2 aliphatic heterocycles. The lowest BCUT2D eigenvalue weighted by molar-refractivity contribution is -0.199. The van der Waals surface area contributed by atoms with Gasteiger partial charge in [0, 0.05) is 6.92 Å². The minimum atomic E-state index is -0.815. The highest BCUT2D eigenvalue weighted by atomic mass is 16.8. The molecular formula is C18H24N4O8. The number of esters is 1. The first-order chi connectivity index (χ1) is 14.3. The number of rotatable bonds is 7. The lowest BCUT2D eigenvalue weighted by Gasteiger charge is -2.24. The van der Waals surface area contributed by atoms with Gasteiger partial charge in [-0.1, -0.05) is 0 Å². The molecule has 2 aromatic heterocycles. The van der Waals surface area contributed by atoms with Crippen LogP contribution in [0.4, 0.5) is 0 Å². The molecule has 0 aromatic carbocycles. The maximum Gasteiger partial charge on any atom is 0.302 e. The number of hydrogen-bond donors (Lipinski definition) is 1. The van der Waals surface area contributed by atoms with Crippen molar-refractivity contribution in [3.63, 3.8) is 0 Å². The molecule has 0 spiro atoms. The number of hydrogen-bond acceptors (Lipinski definition) is 10. The van der Waals surface area contributed by atoms with Crippen LogP contribution in [0.5, 0.6) is 0 Å². The van der Waals surface area contributed by atoms with E-state index in [1.165, 1.54) is 24.1 Å². The molecular weight excluding hydrogens is 400 g/mol. The minimum Gasteiger partial charge on any atom is -0.463 e. The number of fused-ring (bicyclic) bond motifs is 2. The Bertz CT molecular complexity index is 986. The Kier molecular flexibility index (Phi) is 5.59. The van der Waals surface area contributed by atoms with Crippen LogP contribution in [0.1, 0.15) is 27.0 Å². The zero-order valence-corrected chi connectivity index (χ0v) is 16.9. The molecule has 2 aliphatic rings. The molecule has 4 rings (SSSR count). The van der Waals surface area contributed by atoms with Crippen molar-refractivity contribution < 1.29 is 33.6 Å². The fourth-order valence-electron chi connectivity index (χ4n) is 3.66. The van der Waals surface area contributed by atoms with E-state index in [0.29, 0.717) is 5.65 Å². The predicted octanol–water partition coefficient (Wildman–Crippen LogP) is -0.460. The summed E-state index contributed by atoms with van der Waals surface area (Å²) in [4.78, 5) is 32.0. The van der Waals surface area contributed by atoms with Crippen LogP contribution in [0.2, 0.25) is 0 Å². The fourth-order valence-corrected chi connectivity index (χ4v) is 3.66. The van der Waals surface area contributed by atoms with Gasteiger partial charge >= 0.3 is 5.97 Å². The molecule has 2 saturated heterocycles. The Balaban J connectivity index is 1.53. The molecule has 12 nitrogen and oxygen atoms in total. The van der Waals surface area contributed by atoms with Gasteiger partial charge in [0.15, 0.2) is 23.2 Å². The summed E-state index contributed by atoms with van der Waals surface area (Å²) in [5.74, 6) is -1.21. The first-order valence-corrected chi connectivity index (χ1v) is 9.56. The highest BCUT2D eigenvalue weighted by molar-refractivity contribution is 5.69. The van der Waals surface area contributed by atoms with Crippen molar-refractivity contribution in [3.8, 4) is 0 Å². The maximum absolute atomic E-state index is 12.7. The summed E-state index contributed by atoms with van der Waals surface area (Å²) >= 11 is 0. The zero-order valence-electron chi connectivity index (χ0n) is 16.9. The van der Waals surface area contributed by atoms with Crippen LogP contribution in [-0.4, -0.2) is 74.1 Å². The number of aromatic nitrogens is 4. The van der Waals surface area contributed by atoms with Crippen LogP contribution in [0.15, 0.2) is 17.4 Å². The quantitative estimate of drug-likeness (QED) is 0.459. The smallest absolute Gasteiger partial charge is 0.302 e. The summed E-state index contributed by atoms with van der Waals surface area (Å²) in [6, 6.07) is 0. The summed E-state index contributed by atoms with van der Waals surface area (Å²) in [7, 11) is 0. The molecule has 0 saturated carbocycles. The number of aliphatic hydroxyl groups is 1. The normalized spacial score (nSPS) is 27.5. The average Bonchev–Trinajstić information content (AvgIpc) is 3.33. The van der Waals surface area contributed by atoms with E-state index < -0.39 is 36.3 Å². The molecule has 0 unspecified atom stereocenters. The molecule has 1 N–H and O–H groups in total. The number of carbonyl (C=O) groups excluding carboxylic acids is 1. The Labute approximate surface area is 171 Å². The Morgan fingerprint density at radius 2 is 2.00 bits per heavy atom. The third kappa shape index (κ3) is 3.84. The number of ether oxygens (including phenoxy) is 5. The predicted molar refractivity (Wildman–Crippen MR) is 99.2 cm³/mol. The van der Waals surface area contributed by atoms with E-state index in [4.69, 9.17) is 23.7 Å². The van der Waals surface area contributed by atoms with E-state index in [0.717, 1.165) is 0 Å². The Hall–Kier alpha value is -2.38. The van der Waals surface area contributed by atoms with E-state index in [-0.39, 0.29) is 37.6 Å². The van der Waals surface area contributed by atoms with E-state index >= 15 is 0 Å². The molecule has 12 heteroatoms. The molecule has 4 atom stereocenters. The third-order valence-corrected chi connectivity index (χ3v) is 4.89. The number of aliphatic hydroxyl groups excluding tert-OH is 1. The standard InChI is InChI=1S/C18H24N4O8/c1-10(24)27-5-4-26-9-21-7-20-15-12(16(21)25)19-8-22(15)17-14-13(11(6-23)28-17)29-18(2,3)30-14/h7-8,11,13-14,17,23H,4-6,9H2,1-3H3/t11-,13-,14-,17-/m1/s1. The highest BCUT2D eigenvalue weighted by Gasteiger charge is 2.56. The summed E-state index contributed by atoms with van der Waals surface area (Å²) in [5.41, 5.74) is 0.0853. The first-order valence-electron chi connectivity index (χ1n) is 9.56. The largest absolute Gasteiger partial charge is 0.463 e. The fraction of sp³-hybridized carbons (Fsp3) is 0.667. The van der Waals surface area contributed by atoms with Crippen LogP contribution >= 0.6 is 0 Å². The maximum atomic E-state index is 12.7. The van der Waals surface area contributed by atoms with E-state index in [2.05, 4.69) is 9.97 Å². The summed E-state index contributed by atoms with van der Waals surface area (Å²) < 4.78 is 30.7. The van der Waals surface area contributed by atoms with E-state index in [1.54, 1.807) is 18.4 Å². The summed E-state index contributed by atoms with van der Waals surface area (Å²) in [5, 5.41) is 9.65. The molecule has 2 fully saturated rings. The molecule has 0 aliphatic carbocycles. The van der Waals surface area contributed by atoms with Crippen LogP contribution < -0.4 is 5.56 Å². The van der Waals surface area contributed by atoms with Crippen LogP contribution in [0.25, 0.3) is 11.2 Å². The lowest BCUT2D eigenvalue weighted by Crippen LogP contribution is -2.31. The van der Waals surface area contributed by atoms with Crippen molar-refractivity contribution in [3.05, 3.63) is 23.0 Å². The molecule has 0 bridgehead atoms. The molecule has 164 valence electrons. The molecule has 2 aromatic rings. The summed E-state index contributed by atoms with van der Waals surface area (Å²) in [6.45, 7) is 4.85. The van der Waals surface area contributed by atoms with Gasteiger partial charge in [-0.2, -0.15) is 0 Å². The highest BCUT2D eigenvalue weighted by Crippen LogP contribution is 2.43. The average molecular weight is 424 g/mol. The molecule has 30 heavy (non-hydrogen) atoms. The van der Waals surface area contributed by atoms with E-state index in [9.17, 15) is 14.7 Å². The molecule has 0 radical (unpaired) electrons. The second-order valence-electron chi connectivity index (χ2n) is 7.53. The zero-order chi connectivity index (χ0) is 21.5. The molecule has 4 heterocycles. The van der Waals surface area contributed by atoms with Gasteiger partial charge < -0.3 is 28.8 Å². The van der Waals surface area contributed by atoms with Crippen molar-refractivity contribution in [2.45, 2.75) is 57.8 Å². The third-order valence-electron chi connectivity index (χ3n) is 4.89. The van der Waals surface area contributed by atoms with Crippen LogP contribution in [0, 0.1) is 0 Å². The SMILES string of the molecule is CC(=O)OCCOCn1cnc2c(ncn2[C@@H]2O[C@H](CO)[C@H]3OC(C)(C)O[C@H]32)c1=O. The van der Waals surface area contributed by atoms with Crippen molar-refractivity contribution in [1.29, 1.82) is 0 Å². The number of imidazole rings is 1. The topological polar surface area (TPSA) is 136 Å². The van der Waals surface area contributed by atoms with Crippen molar-refractivity contribution in [2.24, 2.45) is 0 Å². The van der Waals surface area contributed by atoms with Gasteiger partial charge in [0.05, 0.1) is 19.5 Å². The van der Waals surface area contributed by atoms with Gasteiger partial charge in [0.2, 0.25) is 0 Å². The second kappa shape index (κ2) is 8.04. The minimum absolute atomic E-state index is 0.0573. The van der Waals surface area contributed by atoms with Crippen molar-refractivity contribution >= 4 is 17.1 Å². The number of carbonyl (C=O) groups is 1. The van der Waals surface area contributed by atoms with Gasteiger partial charge in [0.1, 0.15) is 38.0 Å². The number of nitrogens with zero attached hydrogens (tertiary/aromatic N) is 4. The van der Waals surface area contributed by atoms with Crippen LogP contribution in [0.3, 0.4) is 0 Å². The monoisotopic (exact) mass is 424 g/mol. The Morgan fingerprint density at radius 3 is 2.73 bits per heavy atom. The van der Waals surface area contributed by atoms with Gasteiger partial charge in [-0.25, -0.2) is 9.97 Å². The Morgan fingerprint density at radius 1 is 1.23 bits per heavy atom. The van der Waals surface area contributed by atoms with Gasteiger partial charge in [0.25, 0.3) is 5.56 Å². The lowest BCUT2D eigenvalue weighted by atomic mass is 10.1. The molecule has 0 amide bonds.